The number of nitro groups is 1. The van der Waals surface area contributed by atoms with E-state index >= 15 is 0 Å². The van der Waals surface area contributed by atoms with Crippen LogP contribution in [0.25, 0.3) is 0 Å². The third-order valence-corrected chi connectivity index (χ3v) is 4.40. The van der Waals surface area contributed by atoms with Crippen molar-refractivity contribution in [1.82, 2.24) is 10.2 Å². The first-order valence-corrected chi connectivity index (χ1v) is 7.99. The molecular weight excluding hydrogens is 296 g/mol. The van der Waals surface area contributed by atoms with Crippen molar-refractivity contribution >= 4 is 11.6 Å². The topological polar surface area (TPSA) is 102 Å². The Morgan fingerprint density at radius 3 is 2.96 bits per heavy atom. The Bertz CT molecular complexity index is 564. The van der Waals surface area contributed by atoms with Gasteiger partial charge in [0.1, 0.15) is 0 Å². The molecule has 7 heteroatoms. The molecule has 1 aromatic carbocycles. The second-order valence-corrected chi connectivity index (χ2v) is 5.91. The van der Waals surface area contributed by atoms with E-state index in [-0.39, 0.29) is 28.5 Å². The molecule has 2 atom stereocenters. The van der Waals surface area contributed by atoms with Gasteiger partial charge in [-0.1, -0.05) is 18.2 Å². The fourth-order valence-corrected chi connectivity index (χ4v) is 3.12. The summed E-state index contributed by atoms with van der Waals surface area (Å²) in [6.07, 6.45) is 1.75. The Labute approximate surface area is 136 Å². The van der Waals surface area contributed by atoms with Crippen molar-refractivity contribution in [3.8, 4) is 0 Å². The van der Waals surface area contributed by atoms with E-state index in [0.29, 0.717) is 25.2 Å². The second-order valence-electron chi connectivity index (χ2n) is 5.91. The molecule has 0 spiro atoms. The Morgan fingerprint density at radius 2 is 2.26 bits per heavy atom. The molecule has 7 nitrogen and oxygen atoms in total. The van der Waals surface area contributed by atoms with Crippen LogP contribution in [0, 0.1) is 16.0 Å². The lowest BCUT2D eigenvalue weighted by Gasteiger charge is -2.36. The molecule has 1 heterocycles. The van der Waals surface area contributed by atoms with Gasteiger partial charge in [0.05, 0.1) is 10.8 Å². The molecule has 1 aliphatic heterocycles. The van der Waals surface area contributed by atoms with E-state index in [9.17, 15) is 14.9 Å². The minimum Gasteiger partial charge on any atom is -0.355 e. The van der Waals surface area contributed by atoms with Crippen LogP contribution in [0.5, 0.6) is 0 Å². The first kappa shape index (κ1) is 17.4. The van der Waals surface area contributed by atoms with Crippen molar-refractivity contribution in [2.75, 3.05) is 26.2 Å². The first-order chi connectivity index (χ1) is 11.0. The van der Waals surface area contributed by atoms with Crippen LogP contribution >= 0.6 is 0 Å². The van der Waals surface area contributed by atoms with Gasteiger partial charge < -0.3 is 11.1 Å². The minimum absolute atomic E-state index is 0.0231. The van der Waals surface area contributed by atoms with Crippen LogP contribution in [0.4, 0.5) is 5.69 Å². The number of nitrogens with zero attached hydrogens (tertiary/aromatic N) is 2. The number of nitrogens with one attached hydrogen (secondary N) is 1. The van der Waals surface area contributed by atoms with Crippen molar-refractivity contribution < 1.29 is 9.72 Å². The summed E-state index contributed by atoms with van der Waals surface area (Å²) < 4.78 is 0. The molecule has 1 aromatic rings. The maximum absolute atomic E-state index is 12.1. The van der Waals surface area contributed by atoms with Crippen LogP contribution in [0.1, 0.15) is 31.4 Å². The number of piperidine rings is 1. The zero-order valence-electron chi connectivity index (χ0n) is 13.4. The fourth-order valence-electron chi connectivity index (χ4n) is 3.12. The van der Waals surface area contributed by atoms with Gasteiger partial charge in [0.25, 0.3) is 5.69 Å². The number of hydrogen-bond acceptors (Lipinski definition) is 5. The van der Waals surface area contributed by atoms with E-state index < -0.39 is 0 Å². The molecular formula is C16H24N4O3. The van der Waals surface area contributed by atoms with E-state index in [2.05, 4.69) is 10.2 Å². The van der Waals surface area contributed by atoms with Crippen molar-refractivity contribution in [3.63, 3.8) is 0 Å². The second kappa shape index (κ2) is 8.03. The minimum atomic E-state index is -0.346. The molecule has 2 unspecified atom stereocenters. The molecule has 1 fully saturated rings. The molecule has 1 aliphatic rings. The first-order valence-electron chi connectivity index (χ1n) is 7.99. The van der Waals surface area contributed by atoms with Gasteiger partial charge in [-0.3, -0.25) is 19.8 Å². The zero-order chi connectivity index (χ0) is 16.8. The Hall–Kier alpha value is -1.99. The largest absolute Gasteiger partial charge is 0.355 e. The van der Waals surface area contributed by atoms with Crippen LogP contribution < -0.4 is 11.1 Å². The van der Waals surface area contributed by atoms with Gasteiger partial charge in [-0.05, 0) is 26.3 Å². The monoisotopic (exact) mass is 320 g/mol. The highest BCUT2D eigenvalue weighted by molar-refractivity contribution is 5.78. The van der Waals surface area contributed by atoms with Crippen molar-refractivity contribution in [2.45, 2.75) is 25.8 Å². The lowest BCUT2D eigenvalue weighted by molar-refractivity contribution is -0.386. The Kier molecular flexibility index (Phi) is 6.06. The number of likely N-dealkylation sites (tertiary alicyclic amines) is 1. The maximum Gasteiger partial charge on any atom is 0.274 e. The number of carbonyl (C=O) groups is 1. The van der Waals surface area contributed by atoms with Crippen LogP contribution in [0.3, 0.4) is 0 Å². The summed E-state index contributed by atoms with van der Waals surface area (Å²) in [5.74, 6) is -0.0598. The molecule has 126 valence electrons. The standard InChI is InChI=1S/C16H24N4O3/c1-12(14-6-2-3-7-15(14)20(22)23)19-10-4-5-13(11-19)16(21)18-9-8-17/h2-3,6-7,12-13H,4-5,8-11,17H2,1H3,(H,18,21). The zero-order valence-corrected chi connectivity index (χ0v) is 13.4. The summed E-state index contributed by atoms with van der Waals surface area (Å²) >= 11 is 0. The fraction of sp³-hybridized carbons (Fsp3) is 0.562. The quantitative estimate of drug-likeness (QED) is 0.610. The molecule has 0 bridgehead atoms. The van der Waals surface area contributed by atoms with Gasteiger partial charge in [0, 0.05) is 37.3 Å². The summed E-state index contributed by atoms with van der Waals surface area (Å²) in [7, 11) is 0. The molecule has 2 rings (SSSR count). The highest BCUT2D eigenvalue weighted by Gasteiger charge is 2.30. The number of nitro benzene ring substituents is 1. The van der Waals surface area contributed by atoms with E-state index in [0.717, 1.165) is 19.4 Å². The summed E-state index contributed by atoms with van der Waals surface area (Å²) in [5.41, 5.74) is 6.24. The van der Waals surface area contributed by atoms with Gasteiger partial charge in [0.2, 0.25) is 5.91 Å². The molecule has 0 radical (unpaired) electrons. The van der Waals surface area contributed by atoms with Crippen molar-refractivity contribution in [2.24, 2.45) is 11.7 Å². The Morgan fingerprint density at radius 1 is 1.52 bits per heavy atom. The number of nitrogens with two attached hydrogens (primary N) is 1. The summed E-state index contributed by atoms with van der Waals surface area (Å²) in [6, 6.07) is 6.71. The van der Waals surface area contributed by atoms with Crippen LogP contribution in [0.15, 0.2) is 24.3 Å². The average Bonchev–Trinajstić information content (AvgIpc) is 2.59. The molecule has 0 saturated carbocycles. The molecule has 1 saturated heterocycles. The highest BCUT2D eigenvalue weighted by Crippen LogP contribution is 2.31. The molecule has 23 heavy (non-hydrogen) atoms. The van der Waals surface area contributed by atoms with E-state index in [1.165, 1.54) is 6.07 Å². The third-order valence-electron chi connectivity index (χ3n) is 4.40. The lowest BCUT2D eigenvalue weighted by Crippen LogP contribution is -2.44. The van der Waals surface area contributed by atoms with Crippen LogP contribution in [-0.4, -0.2) is 41.9 Å². The van der Waals surface area contributed by atoms with Gasteiger partial charge in [-0.25, -0.2) is 0 Å². The Balaban J connectivity index is 2.09. The van der Waals surface area contributed by atoms with E-state index in [1.807, 2.05) is 13.0 Å². The predicted molar refractivity (Wildman–Crippen MR) is 87.9 cm³/mol. The number of benzene rings is 1. The summed E-state index contributed by atoms with van der Waals surface area (Å²) in [5, 5.41) is 14.0. The van der Waals surface area contributed by atoms with E-state index in [1.54, 1.807) is 12.1 Å². The summed E-state index contributed by atoms with van der Waals surface area (Å²) in [6.45, 7) is 4.32. The summed E-state index contributed by atoms with van der Waals surface area (Å²) in [4.78, 5) is 25.2. The number of carbonyl (C=O) groups excluding carboxylic acids is 1. The van der Waals surface area contributed by atoms with Gasteiger partial charge in [-0.2, -0.15) is 0 Å². The predicted octanol–water partition coefficient (Wildman–Crippen LogP) is 1.44. The van der Waals surface area contributed by atoms with Crippen LogP contribution in [0.2, 0.25) is 0 Å². The number of para-hydroxylation sites is 1. The third kappa shape index (κ3) is 4.27. The lowest BCUT2D eigenvalue weighted by atomic mass is 9.94. The molecule has 0 aromatic heterocycles. The number of hydrogen-bond donors (Lipinski definition) is 2. The van der Waals surface area contributed by atoms with E-state index in [4.69, 9.17) is 5.73 Å². The number of rotatable bonds is 6. The SMILES string of the molecule is CC(c1ccccc1[N+](=O)[O-])N1CCCC(C(=O)NCCN)C1. The average molecular weight is 320 g/mol. The van der Waals surface area contributed by atoms with Crippen molar-refractivity contribution in [1.29, 1.82) is 0 Å². The molecule has 0 aliphatic carbocycles. The van der Waals surface area contributed by atoms with Crippen molar-refractivity contribution in [3.05, 3.63) is 39.9 Å². The molecule has 3 N–H and O–H groups in total. The van der Waals surface area contributed by atoms with Crippen LogP contribution in [-0.2, 0) is 4.79 Å². The van der Waals surface area contributed by atoms with Gasteiger partial charge in [0.15, 0.2) is 0 Å². The van der Waals surface area contributed by atoms with Gasteiger partial charge in [-0.15, -0.1) is 0 Å². The maximum atomic E-state index is 12.1. The smallest absolute Gasteiger partial charge is 0.274 e. The van der Waals surface area contributed by atoms with Gasteiger partial charge >= 0.3 is 0 Å². The normalized spacial score (nSPS) is 20.0. The number of amides is 1. The highest BCUT2D eigenvalue weighted by atomic mass is 16.6. The molecule has 1 amide bonds.